The van der Waals surface area contributed by atoms with Crippen molar-refractivity contribution in [3.05, 3.63) is 131 Å². The standard InChI is InChI=1S/C37H23F7N4O.Pt/c1-20-10-11-45-32(12-20)48-30-7-5-4-6-28(30)29-9-8-26(17-31(29)48)49-27-15-24(38)14-25(16-27)47-19-23(18-46-47)33-34(36(39,40)41)21(2)13-22(3)35(33)37(42,43)44;/h4-15,18-19H,1-3H3;/q-2;+2. The number of pyridine rings is 1. The molecule has 0 atom stereocenters. The Morgan fingerprint density at radius 2 is 1.46 bits per heavy atom. The molecule has 0 radical (unpaired) electrons. The van der Waals surface area contributed by atoms with E-state index in [2.05, 4.69) is 22.2 Å². The predicted octanol–water partition coefficient (Wildman–Crippen LogP) is 10.5. The molecule has 0 unspecified atom stereocenters. The van der Waals surface area contributed by atoms with Crippen LogP contribution in [0.2, 0.25) is 0 Å². The van der Waals surface area contributed by atoms with E-state index in [1.54, 1.807) is 12.3 Å². The summed E-state index contributed by atoms with van der Waals surface area (Å²) in [6.07, 6.45) is -6.65. The Morgan fingerprint density at radius 3 is 2.14 bits per heavy atom. The Morgan fingerprint density at radius 1 is 0.760 bits per heavy atom. The number of ether oxygens (including phenoxy) is 1. The molecule has 7 aromatic rings. The van der Waals surface area contributed by atoms with E-state index in [-0.39, 0.29) is 49.4 Å². The number of aryl methyl sites for hydroxylation is 3. The molecule has 0 amide bonds. The van der Waals surface area contributed by atoms with E-state index in [0.29, 0.717) is 11.3 Å². The van der Waals surface area contributed by atoms with E-state index >= 15 is 0 Å². The van der Waals surface area contributed by atoms with Crippen LogP contribution in [-0.4, -0.2) is 19.3 Å². The fraction of sp³-hybridized carbons (Fsp3) is 0.135. The summed E-state index contributed by atoms with van der Waals surface area (Å²) in [5, 5.41) is 5.80. The zero-order valence-electron chi connectivity index (χ0n) is 26.2. The minimum Gasteiger partial charge on any atom is -0.509 e. The van der Waals surface area contributed by atoms with Crippen LogP contribution in [-0.2, 0) is 33.4 Å². The van der Waals surface area contributed by atoms with Gasteiger partial charge in [-0.05, 0) is 66.7 Å². The summed E-state index contributed by atoms with van der Waals surface area (Å²) in [6, 6.07) is 23.9. The molecule has 3 heterocycles. The van der Waals surface area contributed by atoms with Gasteiger partial charge in [0.15, 0.2) is 0 Å². The molecule has 0 aliphatic rings. The predicted molar refractivity (Wildman–Crippen MR) is 169 cm³/mol. The maximum Gasteiger partial charge on any atom is 2.00 e. The van der Waals surface area contributed by atoms with Gasteiger partial charge in [-0.1, -0.05) is 35.8 Å². The molecule has 0 saturated heterocycles. The van der Waals surface area contributed by atoms with Crippen molar-refractivity contribution in [3.8, 4) is 34.1 Å². The second-order valence-electron chi connectivity index (χ2n) is 11.6. The molecule has 256 valence electrons. The number of hydrogen-bond acceptors (Lipinski definition) is 3. The average molecular weight is 868 g/mol. The largest absolute Gasteiger partial charge is 2.00 e. The van der Waals surface area contributed by atoms with Crippen molar-refractivity contribution in [2.24, 2.45) is 0 Å². The molecule has 0 spiro atoms. The third kappa shape index (κ3) is 6.28. The Kier molecular flexibility index (Phi) is 8.88. The number of rotatable bonds is 5. The van der Waals surface area contributed by atoms with E-state index in [0.717, 1.165) is 71.0 Å². The van der Waals surface area contributed by atoms with Crippen molar-refractivity contribution in [2.75, 3.05) is 0 Å². The van der Waals surface area contributed by atoms with Crippen LogP contribution in [0.1, 0.15) is 27.8 Å². The number of aromatic nitrogens is 4. The Labute approximate surface area is 295 Å². The van der Waals surface area contributed by atoms with Gasteiger partial charge < -0.3 is 9.30 Å². The van der Waals surface area contributed by atoms with Crippen molar-refractivity contribution in [3.63, 3.8) is 0 Å². The fourth-order valence-electron chi connectivity index (χ4n) is 6.20. The maximum absolute atomic E-state index is 14.9. The van der Waals surface area contributed by atoms with Crippen molar-refractivity contribution < 1.29 is 56.5 Å². The van der Waals surface area contributed by atoms with Crippen LogP contribution in [0.25, 0.3) is 44.4 Å². The number of para-hydroxylation sites is 1. The molecule has 0 bridgehead atoms. The van der Waals surface area contributed by atoms with Gasteiger partial charge >= 0.3 is 33.4 Å². The average Bonchev–Trinajstić information content (AvgIpc) is 3.62. The fourth-order valence-corrected chi connectivity index (χ4v) is 6.20. The summed E-state index contributed by atoms with van der Waals surface area (Å²) < 4.78 is 109. The van der Waals surface area contributed by atoms with Crippen LogP contribution in [0.3, 0.4) is 0 Å². The third-order valence-electron chi connectivity index (χ3n) is 8.11. The minimum absolute atomic E-state index is 0. The topological polar surface area (TPSA) is 44.9 Å². The summed E-state index contributed by atoms with van der Waals surface area (Å²) in [7, 11) is 0. The number of halogens is 7. The van der Waals surface area contributed by atoms with Crippen LogP contribution in [0, 0.1) is 38.7 Å². The van der Waals surface area contributed by atoms with Gasteiger partial charge in [0.05, 0.1) is 17.3 Å². The second kappa shape index (κ2) is 12.7. The third-order valence-corrected chi connectivity index (χ3v) is 8.11. The van der Waals surface area contributed by atoms with Gasteiger partial charge in [0, 0.05) is 46.4 Å². The summed E-state index contributed by atoms with van der Waals surface area (Å²) in [5.41, 5.74) is -2.73. The first-order valence-electron chi connectivity index (χ1n) is 14.8. The molecule has 0 aliphatic heterocycles. The Balaban J connectivity index is 0.00000432. The van der Waals surface area contributed by atoms with E-state index in [9.17, 15) is 30.7 Å². The van der Waals surface area contributed by atoms with Gasteiger partial charge in [-0.25, -0.2) is 9.37 Å². The van der Waals surface area contributed by atoms with Gasteiger partial charge in [0.1, 0.15) is 5.82 Å². The van der Waals surface area contributed by atoms with Gasteiger partial charge in [0.2, 0.25) is 0 Å². The monoisotopic (exact) mass is 867 g/mol. The summed E-state index contributed by atoms with van der Waals surface area (Å²) in [6.45, 7) is 4.14. The van der Waals surface area contributed by atoms with Crippen molar-refractivity contribution in [1.82, 2.24) is 19.3 Å². The van der Waals surface area contributed by atoms with E-state index in [1.807, 2.05) is 54.0 Å². The van der Waals surface area contributed by atoms with Crippen LogP contribution in [0.15, 0.2) is 85.3 Å². The Bertz CT molecular complexity index is 2370. The summed E-state index contributed by atoms with van der Waals surface area (Å²) in [5.74, 6) is -0.0893. The summed E-state index contributed by atoms with van der Waals surface area (Å²) in [4.78, 5) is 4.54. The van der Waals surface area contributed by atoms with Crippen LogP contribution >= 0.6 is 0 Å². The molecule has 3 aromatic heterocycles. The van der Waals surface area contributed by atoms with E-state index in [4.69, 9.17) is 4.74 Å². The molecule has 13 heteroatoms. The molecule has 0 fully saturated rings. The first-order chi connectivity index (χ1) is 23.2. The van der Waals surface area contributed by atoms with Crippen LogP contribution in [0.5, 0.6) is 11.5 Å². The van der Waals surface area contributed by atoms with Crippen LogP contribution in [0.4, 0.5) is 30.7 Å². The molecule has 5 nitrogen and oxygen atoms in total. The van der Waals surface area contributed by atoms with Crippen molar-refractivity contribution >= 4 is 21.8 Å². The zero-order chi connectivity index (χ0) is 34.8. The smallest absolute Gasteiger partial charge is 0.509 e. The van der Waals surface area contributed by atoms with Gasteiger partial charge in [-0.3, -0.25) is 4.68 Å². The zero-order valence-corrected chi connectivity index (χ0v) is 28.5. The molecule has 0 aliphatic carbocycles. The molecule has 7 rings (SSSR count). The number of benzene rings is 4. The minimum atomic E-state index is -5.10. The SMILES string of the molecule is Cc1ccnc(-n2c3[c-]c(Oc4[c-]c(-n5cc(-c6c(C(F)(F)F)c(C)cc(C)c6C(F)(F)F)cn5)cc(F)c4)ccc3c3ccccc32)c1.[Pt+2]. The van der Waals surface area contributed by atoms with Crippen molar-refractivity contribution in [2.45, 2.75) is 33.1 Å². The molecule has 0 N–H and O–H groups in total. The normalized spacial score (nSPS) is 12.0. The van der Waals surface area contributed by atoms with Gasteiger partial charge in [0.25, 0.3) is 0 Å². The van der Waals surface area contributed by atoms with E-state index < -0.39 is 40.4 Å². The first kappa shape index (κ1) is 34.9. The molecule has 50 heavy (non-hydrogen) atoms. The molecular weight excluding hydrogens is 844 g/mol. The molecule has 0 saturated carbocycles. The van der Waals surface area contributed by atoms with Gasteiger partial charge in [-0.2, -0.15) is 37.5 Å². The maximum atomic E-state index is 14.9. The number of hydrogen-bond donors (Lipinski definition) is 0. The number of fused-ring (bicyclic) bond motifs is 3. The second-order valence-corrected chi connectivity index (χ2v) is 11.6. The van der Waals surface area contributed by atoms with Crippen LogP contribution < -0.4 is 4.74 Å². The number of alkyl halides is 6. The first-order valence-corrected chi connectivity index (χ1v) is 14.8. The quantitative estimate of drug-likeness (QED) is 0.128. The number of nitrogens with zero attached hydrogens (tertiary/aromatic N) is 4. The van der Waals surface area contributed by atoms with Crippen molar-refractivity contribution in [1.29, 1.82) is 0 Å². The van der Waals surface area contributed by atoms with E-state index in [1.165, 1.54) is 0 Å². The Hall–Kier alpha value is -4.96. The van der Waals surface area contributed by atoms with Gasteiger partial charge in [-0.15, -0.1) is 29.7 Å². The molecule has 4 aromatic carbocycles. The molecular formula is C37H23F7N4OPt. The summed E-state index contributed by atoms with van der Waals surface area (Å²) >= 11 is 0.